The first-order chi connectivity index (χ1) is 8.56. The van der Waals surface area contributed by atoms with E-state index in [9.17, 15) is 14.7 Å². The molecular formula is C13H24N2O3. The van der Waals surface area contributed by atoms with Crippen LogP contribution in [-0.4, -0.2) is 35.6 Å². The summed E-state index contributed by atoms with van der Waals surface area (Å²) in [7, 11) is 0. The Kier molecular flexibility index (Phi) is 6.12. The quantitative estimate of drug-likeness (QED) is 0.501. The number of carbonyl (C=O) groups is 2. The van der Waals surface area contributed by atoms with Gasteiger partial charge < -0.3 is 15.7 Å². The normalized spacial score (nSPS) is 18.8. The zero-order valence-corrected chi connectivity index (χ0v) is 11.1. The van der Waals surface area contributed by atoms with Crippen LogP contribution in [-0.2, 0) is 9.59 Å². The molecule has 1 aliphatic carbocycles. The molecule has 1 fully saturated rings. The van der Waals surface area contributed by atoms with E-state index in [0.29, 0.717) is 6.54 Å². The molecule has 0 bridgehead atoms. The molecule has 0 atom stereocenters. The van der Waals surface area contributed by atoms with Crippen molar-refractivity contribution in [3.8, 4) is 0 Å². The Morgan fingerprint density at radius 2 is 1.61 bits per heavy atom. The summed E-state index contributed by atoms with van der Waals surface area (Å²) in [6, 6.07) is 0. The molecule has 0 radical (unpaired) electrons. The summed E-state index contributed by atoms with van der Waals surface area (Å²) in [6.45, 7) is 2.59. The summed E-state index contributed by atoms with van der Waals surface area (Å²) in [5.41, 5.74) is -0.784. The number of nitrogens with one attached hydrogen (secondary N) is 2. The minimum absolute atomic E-state index is 0.163. The highest BCUT2D eigenvalue weighted by Gasteiger charge is 2.28. The smallest absolute Gasteiger partial charge is 0.229 e. The Hall–Kier alpha value is -1.10. The second-order valence-electron chi connectivity index (χ2n) is 5.05. The van der Waals surface area contributed by atoms with Crippen molar-refractivity contribution < 1.29 is 14.7 Å². The highest BCUT2D eigenvalue weighted by Crippen LogP contribution is 2.26. The van der Waals surface area contributed by atoms with Crippen molar-refractivity contribution in [3.05, 3.63) is 0 Å². The van der Waals surface area contributed by atoms with Gasteiger partial charge in [-0.05, 0) is 19.8 Å². The van der Waals surface area contributed by atoms with Gasteiger partial charge in [-0.3, -0.25) is 9.59 Å². The molecule has 1 saturated carbocycles. The van der Waals surface area contributed by atoms with Crippen molar-refractivity contribution in [2.45, 2.75) is 57.5 Å². The highest BCUT2D eigenvalue weighted by molar-refractivity contribution is 5.96. The van der Waals surface area contributed by atoms with Gasteiger partial charge in [-0.15, -0.1) is 0 Å². The van der Waals surface area contributed by atoms with Gasteiger partial charge in [-0.25, -0.2) is 0 Å². The van der Waals surface area contributed by atoms with Gasteiger partial charge in [-0.1, -0.05) is 25.7 Å². The van der Waals surface area contributed by atoms with Crippen molar-refractivity contribution in [1.82, 2.24) is 10.6 Å². The Balaban J connectivity index is 2.30. The minimum Gasteiger partial charge on any atom is -0.388 e. The van der Waals surface area contributed by atoms with Gasteiger partial charge in [0.05, 0.1) is 5.60 Å². The molecule has 0 aromatic carbocycles. The molecule has 0 spiro atoms. The Morgan fingerprint density at radius 1 is 1.06 bits per heavy atom. The molecule has 5 heteroatoms. The predicted octanol–water partition coefficient (Wildman–Crippen LogP) is 0.714. The summed E-state index contributed by atoms with van der Waals surface area (Å²) in [5, 5.41) is 15.6. The van der Waals surface area contributed by atoms with Crippen LogP contribution in [0.25, 0.3) is 0 Å². The zero-order chi connectivity index (χ0) is 13.4. The van der Waals surface area contributed by atoms with E-state index in [2.05, 4.69) is 10.6 Å². The van der Waals surface area contributed by atoms with Crippen LogP contribution in [0.2, 0.25) is 0 Å². The first-order valence-corrected chi connectivity index (χ1v) is 6.81. The third kappa shape index (κ3) is 5.49. The van der Waals surface area contributed by atoms with E-state index >= 15 is 0 Å². The van der Waals surface area contributed by atoms with Crippen LogP contribution in [0.3, 0.4) is 0 Å². The lowest BCUT2D eigenvalue weighted by atomic mass is 9.94. The zero-order valence-electron chi connectivity index (χ0n) is 11.1. The number of amides is 2. The third-order valence-electron chi connectivity index (χ3n) is 3.34. The Morgan fingerprint density at radius 3 is 2.17 bits per heavy atom. The summed E-state index contributed by atoms with van der Waals surface area (Å²) in [5.74, 6) is -0.596. The van der Waals surface area contributed by atoms with Gasteiger partial charge in [0.2, 0.25) is 11.8 Å². The average Bonchev–Trinajstić information content (AvgIpc) is 2.53. The molecule has 104 valence electrons. The molecule has 0 saturated heterocycles. The molecule has 2 amide bonds. The molecule has 0 unspecified atom stereocenters. The molecule has 5 nitrogen and oxygen atoms in total. The summed E-state index contributed by atoms with van der Waals surface area (Å²) >= 11 is 0. The Labute approximate surface area is 108 Å². The molecule has 1 rings (SSSR count). The fraction of sp³-hybridized carbons (Fsp3) is 0.846. The molecule has 3 N–H and O–H groups in total. The van der Waals surface area contributed by atoms with E-state index in [1.807, 2.05) is 6.92 Å². The van der Waals surface area contributed by atoms with Gasteiger partial charge in [0.15, 0.2) is 0 Å². The maximum absolute atomic E-state index is 11.5. The molecular weight excluding hydrogens is 232 g/mol. The monoisotopic (exact) mass is 256 g/mol. The van der Waals surface area contributed by atoms with E-state index in [-0.39, 0.29) is 24.8 Å². The standard InChI is InChI=1S/C13H24N2O3/c1-2-14-11(16)9-12(17)15-10-13(18)7-5-3-4-6-8-13/h18H,2-10H2,1H3,(H,14,16)(H,15,17). The van der Waals surface area contributed by atoms with Crippen LogP contribution in [0, 0.1) is 0 Å². The number of hydrogen-bond acceptors (Lipinski definition) is 3. The predicted molar refractivity (Wildman–Crippen MR) is 69.0 cm³/mol. The lowest BCUT2D eigenvalue weighted by Gasteiger charge is -2.26. The second-order valence-corrected chi connectivity index (χ2v) is 5.05. The van der Waals surface area contributed by atoms with Gasteiger partial charge >= 0.3 is 0 Å². The van der Waals surface area contributed by atoms with E-state index in [0.717, 1.165) is 38.5 Å². The van der Waals surface area contributed by atoms with Crippen molar-refractivity contribution in [2.24, 2.45) is 0 Å². The third-order valence-corrected chi connectivity index (χ3v) is 3.34. The number of aliphatic hydroxyl groups is 1. The second kappa shape index (κ2) is 7.36. The molecule has 0 aromatic rings. The van der Waals surface area contributed by atoms with Crippen molar-refractivity contribution >= 4 is 11.8 Å². The Bertz CT molecular complexity index is 284. The van der Waals surface area contributed by atoms with Gasteiger partial charge in [-0.2, -0.15) is 0 Å². The molecule has 0 aromatic heterocycles. The van der Waals surface area contributed by atoms with Crippen molar-refractivity contribution in [1.29, 1.82) is 0 Å². The van der Waals surface area contributed by atoms with E-state index in [1.165, 1.54) is 0 Å². The summed E-state index contributed by atoms with van der Waals surface area (Å²) in [6.07, 6.45) is 5.60. The first kappa shape index (κ1) is 15.0. The molecule has 18 heavy (non-hydrogen) atoms. The van der Waals surface area contributed by atoms with Crippen LogP contribution < -0.4 is 10.6 Å². The minimum atomic E-state index is -0.784. The van der Waals surface area contributed by atoms with Crippen LogP contribution in [0.15, 0.2) is 0 Å². The summed E-state index contributed by atoms with van der Waals surface area (Å²) < 4.78 is 0. The fourth-order valence-electron chi connectivity index (χ4n) is 2.29. The maximum Gasteiger partial charge on any atom is 0.229 e. The van der Waals surface area contributed by atoms with E-state index < -0.39 is 5.60 Å². The fourth-order valence-corrected chi connectivity index (χ4v) is 2.29. The molecule has 1 aliphatic rings. The largest absolute Gasteiger partial charge is 0.388 e. The summed E-state index contributed by atoms with van der Waals surface area (Å²) in [4.78, 5) is 22.7. The lowest BCUT2D eigenvalue weighted by molar-refractivity contribution is -0.130. The van der Waals surface area contributed by atoms with Crippen LogP contribution >= 0.6 is 0 Å². The average molecular weight is 256 g/mol. The van der Waals surface area contributed by atoms with Crippen LogP contribution in [0.1, 0.15) is 51.9 Å². The highest BCUT2D eigenvalue weighted by atomic mass is 16.3. The van der Waals surface area contributed by atoms with E-state index in [1.54, 1.807) is 0 Å². The number of carbonyl (C=O) groups excluding carboxylic acids is 2. The topological polar surface area (TPSA) is 78.4 Å². The van der Waals surface area contributed by atoms with Crippen molar-refractivity contribution in [3.63, 3.8) is 0 Å². The maximum atomic E-state index is 11.5. The van der Waals surface area contributed by atoms with Crippen LogP contribution in [0.4, 0.5) is 0 Å². The van der Waals surface area contributed by atoms with Gasteiger partial charge in [0, 0.05) is 13.1 Å². The molecule has 0 aliphatic heterocycles. The molecule has 0 heterocycles. The van der Waals surface area contributed by atoms with Crippen molar-refractivity contribution in [2.75, 3.05) is 13.1 Å². The van der Waals surface area contributed by atoms with Crippen LogP contribution in [0.5, 0.6) is 0 Å². The SMILES string of the molecule is CCNC(=O)CC(=O)NCC1(O)CCCCCC1. The van der Waals surface area contributed by atoms with E-state index in [4.69, 9.17) is 0 Å². The number of rotatable bonds is 5. The lowest BCUT2D eigenvalue weighted by Crippen LogP contribution is -2.43. The van der Waals surface area contributed by atoms with Gasteiger partial charge in [0.1, 0.15) is 6.42 Å². The van der Waals surface area contributed by atoms with Gasteiger partial charge in [0.25, 0.3) is 0 Å². The number of hydrogen-bond donors (Lipinski definition) is 3. The first-order valence-electron chi connectivity index (χ1n) is 6.81.